The van der Waals surface area contributed by atoms with Crippen LogP contribution in [0.25, 0.3) is 11.3 Å². The fraction of sp³-hybridized carbons (Fsp3) is 0.240. The number of aryl methyl sites for hydroxylation is 1. The first kappa shape index (κ1) is 25.6. The van der Waals surface area contributed by atoms with Gasteiger partial charge in [0, 0.05) is 27.8 Å². The van der Waals surface area contributed by atoms with E-state index < -0.39 is 22.8 Å². The Morgan fingerprint density at radius 1 is 1.11 bits per heavy atom. The van der Waals surface area contributed by atoms with Gasteiger partial charge in [-0.2, -0.15) is 5.10 Å². The van der Waals surface area contributed by atoms with Crippen LogP contribution in [-0.2, 0) is 4.79 Å². The van der Waals surface area contributed by atoms with Gasteiger partial charge in [0.25, 0.3) is 17.5 Å². The van der Waals surface area contributed by atoms with Crippen molar-refractivity contribution in [2.24, 2.45) is 11.0 Å². The molecule has 3 aromatic rings. The number of hydrogen-bond donors (Lipinski definition) is 2. The van der Waals surface area contributed by atoms with Crippen molar-refractivity contribution in [3.63, 3.8) is 0 Å². The van der Waals surface area contributed by atoms with E-state index in [-0.39, 0.29) is 11.6 Å². The molecule has 0 bridgehead atoms. The highest BCUT2D eigenvalue weighted by atomic mass is 35.5. The molecule has 182 valence electrons. The third-order valence-corrected chi connectivity index (χ3v) is 5.71. The Morgan fingerprint density at radius 3 is 2.43 bits per heavy atom. The SMILES string of the molecule is Cc1cc(-c2ccc(/C=N/NC(=O)C(NC(=O)c3ccc(Cl)cc3)C(C)C)o2)cc([N+](=O)[O-])c1C. The van der Waals surface area contributed by atoms with Crippen LogP contribution in [0.3, 0.4) is 0 Å². The second kappa shape index (κ2) is 11.0. The van der Waals surface area contributed by atoms with Gasteiger partial charge in [-0.3, -0.25) is 19.7 Å². The average Bonchev–Trinajstić information content (AvgIpc) is 3.27. The van der Waals surface area contributed by atoms with Crippen LogP contribution in [0.4, 0.5) is 5.69 Å². The van der Waals surface area contributed by atoms with Gasteiger partial charge >= 0.3 is 0 Å². The van der Waals surface area contributed by atoms with Crippen molar-refractivity contribution >= 4 is 35.3 Å². The number of nitro groups is 1. The predicted octanol–water partition coefficient (Wildman–Crippen LogP) is 5.03. The maximum Gasteiger partial charge on any atom is 0.273 e. The zero-order valence-electron chi connectivity index (χ0n) is 19.7. The fourth-order valence-corrected chi connectivity index (χ4v) is 3.47. The lowest BCUT2D eigenvalue weighted by Gasteiger charge is -2.20. The molecule has 2 amide bonds. The number of halogens is 1. The molecule has 1 heterocycles. The standard InChI is InChI=1S/C25H25ClN4O5/c1-14(2)23(28-24(31)17-5-7-19(26)8-6-17)25(32)29-27-13-20-9-10-22(35-20)18-11-15(3)16(4)21(12-18)30(33)34/h5-14,23H,1-4H3,(H,28,31)(H,29,32)/b27-13+. The molecule has 9 nitrogen and oxygen atoms in total. The normalized spacial score (nSPS) is 12.1. The van der Waals surface area contributed by atoms with Gasteiger partial charge in [-0.25, -0.2) is 5.43 Å². The molecule has 1 unspecified atom stereocenters. The first-order valence-electron chi connectivity index (χ1n) is 10.8. The number of nitrogens with zero attached hydrogens (tertiary/aromatic N) is 2. The average molecular weight is 497 g/mol. The lowest BCUT2D eigenvalue weighted by atomic mass is 10.0. The van der Waals surface area contributed by atoms with E-state index >= 15 is 0 Å². The van der Waals surface area contributed by atoms with Crippen LogP contribution in [0.5, 0.6) is 0 Å². The molecule has 0 fully saturated rings. The highest BCUT2D eigenvalue weighted by Crippen LogP contribution is 2.30. The molecule has 0 aliphatic heterocycles. The van der Waals surface area contributed by atoms with Gasteiger partial charge in [0.05, 0.1) is 11.1 Å². The number of benzene rings is 2. The van der Waals surface area contributed by atoms with E-state index in [4.69, 9.17) is 16.0 Å². The second-order valence-corrected chi connectivity index (χ2v) is 8.77. The summed E-state index contributed by atoms with van der Waals surface area (Å²) in [5, 5.41) is 18.4. The van der Waals surface area contributed by atoms with Crippen LogP contribution in [-0.4, -0.2) is 29.0 Å². The molecule has 0 spiro atoms. The van der Waals surface area contributed by atoms with Crippen LogP contribution < -0.4 is 10.7 Å². The highest BCUT2D eigenvalue weighted by Gasteiger charge is 2.24. The minimum Gasteiger partial charge on any atom is -0.455 e. The number of nitro benzene ring substituents is 1. The van der Waals surface area contributed by atoms with Gasteiger partial charge in [-0.05, 0) is 67.8 Å². The van der Waals surface area contributed by atoms with Crippen molar-refractivity contribution < 1.29 is 18.9 Å². The lowest BCUT2D eigenvalue weighted by molar-refractivity contribution is -0.385. The molecular weight excluding hydrogens is 472 g/mol. The zero-order chi connectivity index (χ0) is 25.7. The number of hydrazone groups is 1. The van der Waals surface area contributed by atoms with Gasteiger partial charge in [-0.1, -0.05) is 25.4 Å². The van der Waals surface area contributed by atoms with Crippen LogP contribution in [0.15, 0.2) is 58.0 Å². The zero-order valence-corrected chi connectivity index (χ0v) is 20.4. The number of furan rings is 1. The Bertz CT molecular complexity index is 1280. The van der Waals surface area contributed by atoms with Crippen molar-refractivity contribution in [1.29, 1.82) is 0 Å². The summed E-state index contributed by atoms with van der Waals surface area (Å²) in [6, 6.07) is 12.1. The number of amides is 2. The van der Waals surface area contributed by atoms with Crippen LogP contribution in [0.1, 0.15) is 41.1 Å². The van der Waals surface area contributed by atoms with E-state index in [1.54, 1.807) is 70.2 Å². The molecule has 0 aliphatic rings. The summed E-state index contributed by atoms with van der Waals surface area (Å²) in [5.74, 6) is -0.322. The summed E-state index contributed by atoms with van der Waals surface area (Å²) in [7, 11) is 0. The van der Waals surface area contributed by atoms with E-state index in [0.717, 1.165) is 5.56 Å². The Labute approximate surface area is 207 Å². The van der Waals surface area contributed by atoms with E-state index in [1.165, 1.54) is 12.3 Å². The smallest absolute Gasteiger partial charge is 0.273 e. The molecule has 0 radical (unpaired) electrons. The minimum absolute atomic E-state index is 0.0132. The summed E-state index contributed by atoms with van der Waals surface area (Å²) in [6.07, 6.45) is 1.31. The third-order valence-electron chi connectivity index (χ3n) is 5.46. The molecule has 2 aromatic carbocycles. The maximum atomic E-state index is 12.6. The minimum atomic E-state index is -0.821. The van der Waals surface area contributed by atoms with Crippen LogP contribution in [0, 0.1) is 29.9 Å². The summed E-state index contributed by atoms with van der Waals surface area (Å²) in [4.78, 5) is 36.0. The molecule has 2 N–H and O–H groups in total. The topological polar surface area (TPSA) is 127 Å². The van der Waals surface area contributed by atoms with E-state index in [2.05, 4.69) is 15.8 Å². The Kier molecular flexibility index (Phi) is 8.03. The number of nitrogens with one attached hydrogen (secondary N) is 2. The molecule has 0 saturated heterocycles. The summed E-state index contributed by atoms with van der Waals surface area (Å²) in [6.45, 7) is 7.10. The van der Waals surface area contributed by atoms with Crippen molar-refractivity contribution in [3.05, 3.63) is 86.1 Å². The van der Waals surface area contributed by atoms with Crippen molar-refractivity contribution in [2.45, 2.75) is 33.7 Å². The summed E-state index contributed by atoms with van der Waals surface area (Å²) < 4.78 is 5.72. The Morgan fingerprint density at radius 2 is 1.80 bits per heavy atom. The van der Waals surface area contributed by atoms with Gasteiger partial charge in [0.1, 0.15) is 17.6 Å². The maximum absolute atomic E-state index is 12.6. The number of carbonyl (C=O) groups excluding carboxylic acids is 2. The van der Waals surface area contributed by atoms with E-state index in [0.29, 0.717) is 33.2 Å². The van der Waals surface area contributed by atoms with Gasteiger partial charge in [-0.15, -0.1) is 0 Å². The molecule has 3 rings (SSSR count). The fourth-order valence-electron chi connectivity index (χ4n) is 3.34. The molecule has 0 saturated carbocycles. The Hall–Kier alpha value is -3.98. The van der Waals surface area contributed by atoms with Crippen LogP contribution in [0.2, 0.25) is 5.02 Å². The van der Waals surface area contributed by atoms with E-state index in [9.17, 15) is 19.7 Å². The van der Waals surface area contributed by atoms with E-state index in [1.807, 2.05) is 0 Å². The first-order chi connectivity index (χ1) is 16.6. The van der Waals surface area contributed by atoms with Gasteiger partial charge < -0.3 is 9.73 Å². The van der Waals surface area contributed by atoms with Gasteiger partial charge in [0.15, 0.2) is 0 Å². The van der Waals surface area contributed by atoms with Crippen molar-refractivity contribution in [3.8, 4) is 11.3 Å². The first-order valence-corrected chi connectivity index (χ1v) is 11.2. The predicted molar refractivity (Wildman–Crippen MR) is 134 cm³/mol. The van der Waals surface area contributed by atoms with Crippen LogP contribution >= 0.6 is 11.6 Å². The molecular formula is C25H25ClN4O5. The quantitative estimate of drug-likeness (QED) is 0.257. The molecule has 0 aliphatic carbocycles. The van der Waals surface area contributed by atoms with Crippen molar-refractivity contribution in [1.82, 2.24) is 10.7 Å². The largest absolute Gasteiger partial charge is 0.455 e. The molecule has 1 atom stereocenters. The summed E-state index contributed by atoms with van der Waals surface area (Å²) in [5.41, 5.74) is 4.74. The third kappa shape index (κ3) is 6.33. The molecule has 1 aromatic heterocycles. The Balaban J connectivity index is 1.67. The van der Waals surface area contributed by atoms with Crippen molar-refractivity contribution in [2.75, 3.05) is 0 Å². The number of carbonyl (C=O) groups is 2. The monoisotopic (exact) mass is 496 g/mol. The second-order valence-electron chi connectivity index (χ2n) is 8.33. The summed E-state index contributed by atoms with van der Waals surface area (Å²) >= 11 is 5.85. The highest BCUT2D eigenvalue weighted by molar-refractivity contribution is 6.30. The van der Waals surface area contributed by atoms with Gasteiger partial charge in [0.2, 0.25) is 0 Å². The molecule has 35 heavy (non-hydrogen) atoms. The molecule has 10 heteroatoms. The number of hydrogen-bond acceptors (Lipinski definition) is 6. The number of rotatable bonds is 8. The lowest BCUT2D eigenvalue weighted by Crippen LogP contribution is -2.48.